The Morgan fingerprint density at radius 2 is 1.88 bits per heavy atom. The second-order valence-electron chi connectivity index (χ2n) is 6.44. The van der Waals surface area contributed by atoms with Gasteiger partial charge in [-0.3, -0.25) is 4.90 Å². The Bertz CT molecular complexity index is 684. The maximum atomic E-state index is 13.1. The van der Waals surface area contributed by atoms with Gasteiger partial charge in [-0.15, -0.1) is 0 Å². The fourth-order valence-electron chi connectivity index (χ4n) is 3.20. The van der Waals surface area contributed by atoms with Gasteiger partial charge in [-0.2, -0.15) is 0 Å². The highest BCUT2D eigenvalue weighted by Crippen LogP contribution is 2.27. The highest BCUT2D eigenvalue weighted by atomic mass is 19.1. The van der Waals surface area contributed by atoms with Crippen molar-refractivity contribution in [1.82, 2.24) is 4.90 Å². The molecule has 0 bridgehead atoms. The first-order valence-corrected chi connectivity index (χ1v) is 8.58. The van der Waals surface area contributed by atoms with Crippen LogP contribution in [0.4, 0.5) is 4.39 Å². The summed E-state index contributed by atoms with van der Waals surface area (Å²) >= 11 is 0. The molecule has 0 aromatic heterocycles. The van der Waals surface area contributed by atoms with E-state index < -0.39 is 0 Å². The van der Waals surface area contributed by atoms with Crippen LogP contribution in [-0.4, -0.2) is 36.4 Å². The zero-order valence-corrected chi connectivity index (χ0v) is 14.5. The molecule has 1 aliphatic heterocycles. The quantitative estimate of drug-likeness (QED) is 0.830. The van der Waals surface area contributed by atoms with Crippen LogP contribution in [0.15, 0.2) is 42.5 Å². The third-order valence-corrected chi connectivity index (χ3v) is 4.45. The highest BCUT2D eigenvalue weighted by molar-refractivity contribution is 5.41. The van der Waals surface area contributed by atoms with E-state index in [1.54, 1.807) is 12.1 Å². The van der Waals surface area contributed by atoms with Crippen molar-refractivity contribution in [2.75, 3.05) is 20.3 Å². The number of methoxy groups -OCH3 is 1. The number of ether oxygens (including phenoxy) is 2. The Kier molecular flexibility index (Phi) is 5.89. The van der Waals surface area contributed by atoms with Crippen LogP contribution >= 0.6 is 0 Å². The highest BCUT2D eigenvalue weighted by Gasteiger charge is 2.20. The number of phenols is 1. The molecule has 5 heteroatoms. The largest absolute Gasteiger partial charge is 0.504 e. The lowest BCUT2D eigenvalue weighted by Gasteiger charge is -2.25. The first-order chi connectivity index (χ1) is 12.1. The predicted molar refractivity (Wildman–Crippen MR) is 94.1 cm³/mol. The molecule has 3 rings (SSSR count). The fraction of sp³-hybridized carbons (Fsp3) is 0.400. The van der Waals surface area contributed by atoms with Crippen LogP contribution in [-0.2, 0) is 17.8 Å². The van der Waals surface area contributed by atoms with Crippen molar-refractivity contribution in [2.24, 2.45) is 0 Å². The molecule has 0 spiro atoms. The van der Waals surface area contributed by atoms with Crippen molar-refractivity contribution in [3.05, 3.63) is 59.4 Å². The number of aromatic hydroxyl groups is 1. The van der Waals surface area contributed by atoms with Gasteiger partial charge in [0.1, 0.15) is 5.82 Å². The summed E-state index contributed by atoms with van der Waals surface area (Å²) in [6.07, 6.45) is 2.39. The Balaban J connectivity index is 1.72. The van der Waals surface area contributed by atoms with Gasteiger partial charge < -0.3 is 14.6 Å². The van der Waals surface area contributed by atoms with E-state index in [9.17, 15) is 9.50 Å². The van der Waals surface area contributed by atoms with Crippen LogP contribution in [0.5, 0.6) is 11.5 Å². The fourth-order valence-corrected chi connectivity index (χ4v) is 3.20. The maximum absolute atomic E-state index is 13.1. The molecule has 0 aliphatic carbocycles. The van der Waals surface area contributed by atoms with E-state index in [4.69, 9.17) is 9.47 Å². The van der Waals surface area contributed by atoms with Crippen LogP contribution in [0.3, 0.4) is 0 Å². The number of nitrogens with zero attached hydrogens (tertiary/aromatic N) is 1. The molecule has 0 radical (unpaired) electrons. The van der Waals surface area contributed by atoms with Gasteiger partial charge >= 0.3 is 0 Å². The molecule has 2 aromatic rings. The maximum Gasteiger partial charge on any atom is 0.160 e. The van der Waals surface area contributed by atoms with Crippen molar-refractivity contribution in [1.29, 1.82) is 0 Å². The van der Waals surface area contributed by atoms with Gasteiger partial charge in [-0.1, -0.05) is 18.2 Å². The van der Waals surface area contributed by atoms with Crippen LogP contribution in [0.25, 0.3) is 0 Å². The van der Waals surface area contributed by atoms with E-state index in [1.165, 1.54) is 19.2 Å². The Hall–Kier alpha value is -2.11. The monoisotopic (exact) mass is 345 g/mol. The number of hydrogen-bond acceptors (Lipinski definition) is 4. The molecule has 1 atom stereocenters. The minimum absolute atomic E-state index is 0.138. The standard InChI is InChI=1S/C20H24FNO3/c1-24-20-9-6-16(11-19(20)23)13-22(14-18-3-2-10-25-18)12-15-4-7-17(21)8-5-15/h4-9,11,18,23H,2-3,10,12-14H2,1H3/t18-/m0/s1. The molecular formula is C20H24FNO3. The van der Waals surface area contributed by atoms with Crippen molar-refractivity contribution < 1.29 is 19.0 Å². The number of benzene rings is 2. The Morgan fingerprint density at radius 3 is 2.52 bits per heavy atom. The molecule has 1 fully saturated rings. The van der Waals surface area contributed by atoms with Gasteiger partial charge in [-0.05, 0) is 48.2 Å². The molecule has 1 aliphatic rings. The average Bonchev–Trinajstić information content (AvgIpc) is 3.10. The molecule has 1 heterocycles. The third-order valence-electron chi connectivity index (χ3n) is 4.45. The molecule has 0 amide bonds. The summed E-state index contributed by atoms with van der Waals surface area (Å²) in [5.74, 6) is 0.376. The van der Waals surface area contributed by atoms with E-state index in [-0.39, 0.29) is 17.7 Å². The van der Waals surface area contributed by atoms with Crippen LogP contribution in [0.1, 0.15) is 24.0 Å². The van der Waals surface area contributed by atoms with Crippen molar-refractivity contribution in [3.63, 3.8) is 0 Å². The Labute approximate surface area is 147 Å². The second kappa shape index (κ2) is 8.32. The second-order valence-corrected chi connectivity index (χ2v) is 6.44. The van der Waals surface area contributed by atoms with Crippen molar-refractivity contribution in [2.45, 2.75) is 32.0 Å². The number of rotatable bonds is 7. The molecule has 1 saturated heterocycles. The number of hydrogen-bond donors (Lipinski definition) is 1. The lowest BCUT2D eigenvalue weighted by atomic mass is 10.1. The van der Waals surface area contributed by atoms with Gasteiger partial charge in [0.2, 0.25) is 0 Å². The predicted octanol–water partition coefficient (Wildman–Crippen LogP) is 3.72. The van der Waals surface area contributed by atoms with E-state index >= 15 is 0 Å². The van der Waals surface area contributed by atoms with Gasteiger partial charge in [0.05, 0.1) is 13.2 Å². The van der Waals surface area contributed by atoms with Gasteiger partial charge in [0, 0.05) is 26.2 Å². The van der Waals surface area contributed by atoms with E-state index in [2.05, 4.69) is 4.90 Å². The summed E-state index contributed by atoms with van der Waals surface area (Å²) in [7, 11) is 1.53. The van der Waals surface area contributed by atoms with Gasteiger partial charge in [0.15, 0.2) is 11.5 Å². The average molecular weight is 345 g/mol. The van der Waals surface area contributed by atoms with Crippen molar-refractivity contribution >= 4 is 0 Å². The lowest BCUT2D eigenvalue weighted by Crippen LogP contribution is -2.31. The molecule has 4 nitrogen and oxygen atoms in total. The Morgan fingerprint density at radius 1 is 1.16 bits per heavy atom. The van der Waals surface area contributed by atoms with Crippen LogP contribution in [0, 0.1) is 5.82 Å². The smallest absolute Gasteiger partial charge is 0.160 e. The first-order valence-electron chi connectivity index (χ1n) is 8.58. The number of phenolic OH excluding ortho intramolecular Hbond substituents is 1. The minimum Gasteiger partial charge on any atom is -0.504 e. The molecule has 1 N–H and O–H groups in total. The topological polar surface area (TPSA) is 41.9 Å². The molecule has 134 valence electrons. The van der Waals surface area contributed by atoms with Crippen molar-refractivity contribution in [3.8, 4) is 11.5 Å². The van der Waals surface area contributed by atoms with Gasteiger partial charge in [0.25, 0.3) is 0 Å². The summed E-state index contributed by atoms with van der Waals surface area (Å²) in [6, 6.07) is 12.0. The lowest BCUT2D eigenvalue weighted by molar-refractivity contribution is 0.0679. The van der Waals surface area contributed by atoms with Gasteiger partial charge in [-0.25, -0.2) is 4.39 Å². The molecule has 0 unspecified atom stereocenters. The first kappa shape index (κ1) is 17.7. The summed E-state index contributed by atoms with van der Waals surface area (Å²) in [4.78, 5) is 2.27. The summed E-state index contributed by atoms with van der Waals surface area (Å²) in [5, 5.41) is 10.00. The normalized spacial score (nSPS) is 17.2. The summed E-state index contributed by atoms with van der Waals surface area (Å²) in [5.41, 5.74) is 2.05. The summed E-state index contributed by atoms with van der Waals surface area (Å²) < 4.78 is 24.0. The van der Waals surface area contributed by atoms with E-state index in [1.807, 2.05) is 18.2 Å². The third kappa shape index (κ3) is 4.94. The van der Waals surface area contributed by atoms with E-state index in [0.29, 0.717) is 18.8 Å². The zero-order chi connectivity index (χ0) is 17.6. The van der Waals surface area contributed by atoms with Crippen LogP contribution in [0.2, 0.25) is 0 Å². The molecule has 0 saturated carbocycles. The molecular weight excluding hydrogens is 321 g/mol. The summed E-state index contributed by atoms with van der Waals surface area (Å²) in [6.45, 7) is 3.00. The molecule has 25 heavy (non-hydrogen) atoms. The van der Waals surface area contributed by atoms with Crippen LogP contribution < -0.4 is 4.74 Å². The zero-order valence-electron chi connectivity index (χ0n) is 14.5. The minimum atomic E-state index is -0.227. The molecule has 2 aromatic carbocycles. The SMILES string of the molecule is COc1ccc(CN(Cc2ccc(F)cc2)C[C@@H]2CCCO2)cc1O. The number of halogens is 1. The van der Waals surface area contributed by atoms with E-state index in [0.717, 1.165) is 37.1 Å².